The highest BCUT2D eigenvalue weighted by Gasteiger charge is 2.20. The van der Waals surface area contributed by atoms with Gasteiger partial charge in [-0.25, -0.2) is 0 Å². The third-order valence-electron chi connectivity index (χ3n) is 3.85. The molecule has 1 heterocycles. The molecule has 0 radical (unpaired) electrons. The molecule has 0 aromatic heterocycles. The van der Waals surface area contributed by atoms with Crippen LogP contribution in [0.4, 0.5) is 0 Å². The largest absolute Gasteiger partial charge is 0.497 e. The van der Waals surface area contributed by atoms with Gasteiger partial charge in [-0.2, -0.15) is 0 Å². The van der Waals surface area contributed by atoms with Crippen LogP contribution in [-0.2, 0) is 6.42 Å². The number of hydrogen-bond donors (Lipinski definition) is 1. The molecule has 0 fully saturated rings. The minimum Gasteiger partial charge on any atom is -0.497 e. The Balaban J connectivity index is 2.07. The topological polar surface area (TPSA) is 21.3 Å². The summed E-state index contributed by atoms with van der Waals surface area (Å²) < 4.78 is 5.38. The minimum absolute atomic E-state index is 0.411. The standard InChI is InChI=1S/C17H19NO/c1-19-15-8-7-14-9-10-18-12-17(16(14)11-15)13-5-3-2-4-6-13/h2-8,11,17-18H,9-10,12H2,1H3. The lowest BCUT2D eigenvalue weighted by Gasteiger charge is -2.19. The van der Waals surface area contributed by atoms with Crippen molar-refractivity contribution in [2.24, 2.45) is 0 Å². The van der Waals surface area contributed by atoms with Gasteiger partial charge in [0.25, 0.3) is 0 Å². The molecule has 0 amide bonds. The van der Waals surface area contributed by atoms with Crippen LogP contribution in [0.15, 0.2) is 48.5 Å². The van der Waals surface area contributed by atoms with Crippen LogP contribution in [0.2, 0.25) is 0 Å². The molecular weight excluding hydrogens is 234 g/mol. The molecule has 2 aromatic rings. The Kier molecular flexibility index (Phi) is 3.51. The highest BCUT2D eigenvalue weighted by Crippen LogP contribution is 2.31. The molecule has 2 heteroatoms. The molecule has 0 spiro atoms. The van der Waals surface area contributed by atoms with Crippen LogP contribution >= 0.6 is 0 Å². The van der Waals surface area contributed by atoms with Crippen molar-refractivity contribution >= 4 is 0 Å². The fraction of sp³-hybridized carbons (Fsp3) is 0.294. The number of benzene rings is 2. The molecule has 19 heavy (non-hydrogen) atoms. The lowest BCUT2D eigenvalue weighted by Crippen LogP contribution is -2.20. The smallest absolute Gasteiger partial charge is 0.119 e. The first-order valence-corrected chi connectivity index (χ1v) is 6.81. The lowest BCUT2D eigenvalue weighted by molar-refractivity contribution is 0.414. The first-order valence-electron chi connectivity index (χ1n) is 6.81. The van der Waals surface area contributed by atoms with Crippen molar-refractivity contribution in [1.82, 2.24) is 5.32 Å². The maximum Gasteiger partial charge on any atom is 0.119 e. The van der Waals surface area contributed by atoms with Crippen LogP contribution in [0.1, 0.15) is 22.6 Å². The SMILES string of the molecule is COc1ccc2c(c1)C(c1ccccc1)CNCC2. The molecule has 98 valence electrons. The number of nitrogens with one attached hydrogen (secondary N) is 1. The van der Waals surface area contributed by atoms with Gasteiger partial charge in [-0.1, -0.05) is 36.4 Å². The number of rotatable bonds is 2. The summed E-state index contributed by atoms with van der Waals surface area (Å²) in [6.45, 7) is 2.03. The zero-order valence-corrected chi connectivity index (χ0v) is 11.2. The van der Waals surface area contributed by atoms with Gasteiger partial charge >= 0.3 is 0 Å². The van der Waals surface area contributed by atoms with E-state index in [1.807, 2.05) is 0 Å². The quantitative estimate of drug-likeness (QED) is 0.888. The summed E-state index contributed by atoms with van der Waals surface area (Å²) in [5.74, 6) is 1.36. The molecule has 1 aliphatic rings. The van der Waals surface area contributed by atoms with Crippen LogP contribution in [0.25, 0.3) is 0 Å². The van der Waals surface area contributed by atoms with E-state index in [2.05, 4.69) is 53.8 Å². The van der Waals surface area contributed by atoms with Gasteiger partial charge in [0.15, 0.2) is 0 Å². The Bertz CT molecular complexity index is 550. The van der Waals surface area contributed by atoms with Gasteiger partial charge in [-0.05, 0) is 41.8 Å². The predicted molar refractivity (Wildman–Crippen MR) is 77.9 cm³/mol. The Morgan fingerprint density at radius 2 is 1.95 bits per heavy atom. The molecular formula is C17H19NO. The molecule has 1 unspecified atom stereocenters. The van der Waals surface area contributed by atoms with E-state index in [1.165, 1.54) is 16.7 Å². The number of fused-ring (bicyclic) bond motifs is 1. The second kappa shape index (κ2) is 5.45. The lowest BCUT2D eigenvalue weighted by atomic mass is 9.88. The van der Waals surface area contributed by atoms with Gasteiger partial charge < -0.3 is 10.1 Å². The van der Waals surface area contributed by atoms with Crippen molar-refractivity contribution in [1.29, 1.82) is 0 Å². The van der Waals surface area contributed by atoms with E-state index in [4.69, 9.17) is 4.74 Å². The highest BCUT2D eigenvalue weighted by molar-refractivity contribution is 5.43. The van der Waals surface area contributed by atoms with Gasteiger partial charge in [0.2, 0.25) is 0 Å². The predicted octanol–water partition coefficient (Wildman–Crippen LogP) is 2.97. The van der Waals surface area contributed by atoms with E-state index in [1.54, 1.807) is 7.11 Å². The third kappa shape index (κ3) is 2.49. The molecule has 0 saturated heterocycles. The Morgan fingerprint density at radius 3 is 2.74 bits per heavy atom. The van der Waals surface area contributed by atoms with E-state index in [0.29, 0.717) is 5.92 Å². The van der Waals surface area contributed by atoms with Crippen molar-refractivity contribution in [2.75, 3.05) is 20.2 Å². The van der Waals surface area contributed by atoms with Gasteiger partial charge in [-0.15, -0.1) is 0 Å². The zero-order valence-electron chi connectivity index (χ0n) is 11.2. The fourth-order valence-corrected chi connectivity index (χ4v) is 2.81. The van der Waals surface area contributed by atoms with Crippen molar-refractivity contribution < 1.29 is 4.74 Å². The molecule has 0 bridgehead atoms. The number of methoxy groups -OCH3 is 1. The Hall–Kier alpha value is -1.80. The molecule has 2 nitrogen and oxygen atoms in total. The summed E-state index contributed by atoms with van der Waals surface area (Å²) in [4.78, 5) is 0. The van der Waals surface area contributed by atoms with Crippen LogP contribution in [0, 0.1) is 0 Å². The van der Waals surface area contributed by atoms with E-state index < -0.39 is 0 Å². The Morgan fingerprint density at radius 1 is 1.11 bits per heavy atom. The number of hydrogen-bond acceptors (Lipinski definition) is 2. The Labute approximate surface area is 114 Å². The first-order chi connectivity index (χ1) is 9.38. The van der Waals surface area contributed by atoms with Gasteiger partial charge in [0.1, 0.15) is 5.75 Å². The molecule has 1 atom stereocenters. The van der Waals surface area contributed by atoms with Gasteiger partial charge in [-0.3, -0.25) is 0 Å². The fourth-order valence-electron chi connectivity index (χ4n) is 2.81. The molecule has 1 N–H and O–H groups in total. The average molecular weight is 253 g/mol. The van der Waals surface area contributed by atoms with Crippen molar-refractivity contribution in [2.45, 2.75) is 12.3 Å². The highest BCUT2D eigenvalue weighted by atomic mass is 16.5. The molecule has 0 saturated carbocycles. The van der Waals surface area contributed by atoms with Crippen molar-refractivity contribution in [3.63, 3.8) is 0 Å². The summed E-state index contributed by atoms with van der Waals surface area (Å²) in [6.07, 6.45) is 1.09. The van der Waals surface area contributed by atoms with E-state index >= 15 is 0 Å². The maximum absolute atomic E-state index is 5.38. The second-order valence-corrected chi connectivity index (χ2v) is 4.98. The molecule has 0 aliphatic carbocycles. The average Bonchev–Trinajstić information content (AvgIpc) is 2.69. The third-order valence-corrected chi connectivity index (χ3v) is 3.85. The molecule has 2 aromatic carbocycles. The van der Waals surface area contributed by atoms with E-state index in [0.717, 1.165) is 25.3 Å². The van der Waals surface area contributed by atoms with Crippen molar-refractivity contribution in [3.8, 4) is 5.75 Å². The maximum atomic E-state index is 5.38. The molecule has 3 rings (SSSR count). The summed E-state index contributed by atoms with van der Waals surface area (Å²) >= 11 is 0. The zero-order chi connectivity index (χ0) is 13.1. The molecule has 1 aliphatic heterocycles. The summed E-state index contributed by atoms with van der Waals surface area (Å²) in [5.41, 5.74) is 4.20. The normalized spacial score (nSPS) is 18.5. The summed E-state index contributed by atoms with van der Waals surface area (Å²) in [6, 6.07) is 17.2. The minimum atomic E-state index is 0.411. The van der Waals surface area contributed by atoms with Crippen LogP contribution in [-0.4, -0.2) is 20.2 Å². The van der Waals surface area contributed by atoms with Crippen molar-refractivity contribution in [3.05, 3.63) is 65.2 Å². The monoisotopic (exact) mass is 253 g/mol. The summed E-state index contributed by atoms with van der Waals surface area (Å²) in [7, 11) is 1.73. The number of ether oxygens (including phenoxy) is 1. The van der Waals surface area contributed by atoms with E-state index in [9.17, 15) is 0 Å². The van der Waals surface area contributed by atoms with E-state index in [-0.39, 0.29) is 0 Å². The van der Waals surface area contributed by atoms with Crippen LogP contribution in [0.5, 0.6) is 5.75 Å². The first kappa shape index (κ1) is 12.2. The summed E-state index contributed by atoms with van der Waals surface area (Å²) in [5, 5.41) is 3.54. The van der Waals surface area contributed by atoms with Gasteiger partial charge in [0.05, 0.1) is 7.11 Å². The van der Waals surface area contributed by atoms with Gasteiger partial charge in [0, 0.05) is 12.5 Å². The van der Waals surface area contributed by atoms with Crippen LogP contribution < -0.4 is 10.1 Å². The van der Waals surface area contributed by atoms with Crippen LogP contribution in [0.3, 0.4) is 0 Å². The second-order valence-electron chi connectivity index (χ2n) is 4.98.